The molecule has 7 nitrogen and oxygen atoms in total. The number of furan rings is 1. The van der Waals surface area contributed by atoms with Gasteiger partial charge in [-0.3, -0.25) is 4.79 Å². The number of nitrogens with zero attached hydrogens (tertiary/aromatic N) is 4. The molecule has 3 aromatic carbocycles. The summed E-state index contributed by atoms with van der Waals surface area (Å²) in [5.41, 5.74) is 3.33. The number of nitrogens with one attached hydrogen (secondary N) is 1. The summed E-state index contributed by atoms with van der Waals surface area (Å²) in [6.45, 7) is 0. The average molecular weight is 383 g/mol. The molecule has 0 aliphatic carbocycles. The molecular weight excluding hydrogens is 366 g/mol. The van der Waals surface area contributed by atoms with Crippen molar-refractivity contribution in [1.29, 1.82) is 0 Å². The zero-order valence-corrected chi connectivity index (χ0v) is 15.4. The number of rotatable bonds is 5. The molecule has 1 amide bonds. The number of fused-ring (bicyclic) bond motifs is 3. The van der Waals surface area contributed by atoms with Crippen LogP contribution >= 0.6 is 0 Å². The zero-order valence-electron chi connectivity index (χ0n) is 15.4. The van der Waals surface area contributed by atoms with Crippen molar-refractivity contribution in [3.63, 3.8) is 0 Å². The van der Waals surface area contributed by atoms with Gasteiger partial charge < -0.3 is 9.73 Å². The highest BCUT2D eigenvalue weighted by atomic mass is 16.3. The summed E-state index contributed by atoms with van der Waals surface area (Å²) < 4.78 is 7.33. The van der Waals surface area contributed by atoms with E-state index in [0.29, 0.717) is 12.1 Å². The maximum Gasteiger partial charge on any atom is 0.249 e. The van der Waals surface area contributed by atoms with E-state index in [2.05, 4.69) is 20.8 Å². The molecule has 0 saturated heterocycles. The van der Waals surface area contributed by atoms with Crippen LogP contribution < -0.4 is 5.32 Å². The van der Waals surface area contributed by atoms with E-state index in [4.69, 9.17) is 4.42 Å². The van der Waals surface area contributed by atoms with Gasteiger partial charge in [0, 0.05) is 22.9 Å². The van der Waals surface area contributed by atoms with Crippen LogP contribution in [0.15, 0.2) is 83.5 Å². The van der Waals surface area contributed by atoms with E-state index in [1.54, 1.807) is 0 Å². The quantitative estimate of drug-likeness (QED) is 0.496. The van der Waals surface area contributed by atoms with Crippen molar-refractivity contribution in [1.82, 2.24) is 20.2 Å². The third-order valence-corrected chi connectivity index (χ3v) is 4.90. The molecule has 5 aromatic rings. The van der Waals surface area contributed by atoms with Crippen LogP contribution in [0.4, 0.5) is 5.69 Å². The average Bonchev–Trinajstić information content (AvgIpc) is 3.40. The van der Waals surface area contributed by atoms with Gasteiger partial charge in [0.05, 0.1) is 0 Å². The standard InChI is InChI=1S/C22H17N5O2/c28-22(19(27-14-23-25-26-27)12-15-6-2-1-3-7-15)24-16-10-11-21-18(13-16)17-8-4-5-9-20(17)29-21/h1-11,13-14,19H,12H2,(H,24,28). The first-order valence-corrected chi connectivity index (χ1v) is 9.26. The van der Waals surface area contributed by atoms with E-state index in [9.17, 15) is 4.79 Å². The number of aromatic nitrogens is 4. The Morgan fingerprint density at radius 3 is 2.59 bits per heavy atom. The maximum absolute atomic E-state index is 13.1. The highest BCUT2D eigenvalue weighted by molar-refractivity contribution is 6.07. The second kappa shape index (κ2) is 7.20. The Kier molecular flexibility index (Phi) is 4.25. The van der Waals surface area contributed by atoms with Crippen molar-refractivity contribution in [3.8, 4) is 0 Å². The number of para-hydroxylation sites is 1. The molecule has 29 heavy (non-hydrogen) atoms. The van der Waals surface area contributed by atoms with Gasteiger partial charge in [0.2, 0.25) is 5.91 Å². The van der Waals surface area contributed by atoms with Gasteiger partial charge >= 0.3 is 0 Å². The predicted octanol–water partition coefficient (Wildman–Crippen LogP) is 4.00. The van der Waals surface area contributed by atoms with Gasteiger partial charge in [-0.05, 0) is 40.3 Å². The first-order chi connectivity index (χ1) is 14.3. The molecule has 1 unspecified atom stereocenters. The van der Waals surface area contributed by atoms with Gasteiger partial charge in [0.15, 0.2) is 0 Å². The van der Waals surface area contributed by atoms with Crippen molar-refractivity contribution < 1.29 is 9.21 Å². The van der Waals surface area contributed by atoms with Gasteiger partial charge in [0.25, 0.3) is 0 Å². The minimum atomic E-state index is -0.566. The van der Waals surface area contributed by atoms with Crippen LogP contribution in [0.25, 0.3) is 21.9 Å². The number of benzene rings is 3. The van der Waals surface area contributed by atoms with Crippen molar-refractivity contribution in [2.24, 2.45) is 0 Å². The lowest BCUT2D eigenvalue weighted by Gasteiger charge is -2.16. The van der Waals surface area contributed by atoms with E-state index in [0.717, 1.165) is 27.5 Å². The van der Waals surface area contributed by atoms with Crippen molar-refractivity contribution in [2.45, 2.75) is 12.5 Å². The number of hydrogen-bond acceptors (Lipinski definition) is 5. The molecule has 0 radical (unpaired) electrons. The van der Waals surface area contributed by atoms with Gasteiger partial charge in [-0.25, -0.2) is 4.68 Å². The molecule has 7 heteroatoms. The second-order valence-corrected chi connectivity index (χ2v) is 6.79. The van der Waals surface area contributed by atoms with Crippen molar-refractivity contribution in [2.75, 3.05) is 5.32 Å². The molecule has 2 heterocycles. The minimum absolute atomic E-state index is 0.187. The Hall–Kier alpha value is -4.00. The van der Waals surface area contributed by atoms with E-state index in [1.807, 2.05) is 72.8 Å². The van der Waals surface area contributed by atoms with Gasteiger partial charge in [0.1, 0.15) is 23.5 Å². The van der Waals surface area contributed by atoms with Crippen LogP contribution in [0.1, 0.15) is 11.6 Å². The van der Waals surface area contributed by atoms with Crippen molar-refractivity contribution >= 4 is 33.5 Å². The summed E-state index contributed by atoms with van der Waals surface area (Å²) in [7, 11) is 0. The molecule has 0 saturated carbocycles. The molecule has 0 aliphatic heterocycles. The molecule has 1 atom stereocenters. The van der Waals surface area contributed by atoms with E-state index in [-0.39, 0.29) is 5.91 Å². The molecule has 142 valence electrons. The Morgan fingerprint density at radius 2 is 1.76 bits per heavy atom. The van der Waals surface area contributed by atoms with E-state index < -0.39 is 6.04 Å². The Balaban J connectivity index is 1.46. The fourth-order valence-corrected chi connectivity index (χ4v) is 3.48. The molecule has 0 bridgehead atoms. The summed E-state index contributed by atoms with van der Waals surface area (Å²) in [5, 5.41) is 16.3. The van der Waals surface area contributed by atoms with Gasteiger partial charge in [-0.1, -0.05) is 48.5 Å². The van der Waals surface area contributed by atoms with Crippen LogP contribution in [-0.2, 0) is 11.2 Å². The second-order valence-electron chi connectivity index (χ2n) is 6.79. The summed E-state index contributed by atoms with van der Waals surface area (Å²) in [5.74, 6) is -0.187. The Morgan fingerprint density at radius 1 is 0.966 bits per heavy atom. The monoisotopic (exact) mass is 383 g/mol. The first-order valence-electron chi connectivity index (χ1n) is 9.26. The van der Waals surface area contributed by atoms with E-state index >= 15 is 0 Å². The third kappa shape index (κ3) is 3.34. The normalized spacial score (nSPS) is 12.3. The third-order valence-electron chi connectivity index (χ3n) is 4.90. The van der Waals surface area contributed by atoms with E-state index in [1.165, 1.54) is 11.0 Å². The SMILES string of the molecule is O=C(Nc1ccc2oc3ccccc3c2c1)C(Cc1ccccc1)n1cnnn1. The number of amides is 1. The van der Waals surface area contributed by atoms with Crippen LogP contribution in [0.5, 0.6) is 0 Å². The van der Waals surface area contributed by atoms with Gasteiger partial charge in [-0.15, -0.1) is 5.10 Å². The summed E-state index contributed by atoms with van der Waals surface area (Å²) >= 11 is 0. The minimum Gasteiger partial charge on any atom is -0.456 e. The molecule has 0 spiro atoms. The Bertz CT molecular complexity index is 1280. The number of tetrazole rings is 1. The molecule has 1 N–H and O–H groups in total. The van der Waals surface area contributed by atoms with Crippen LogP contribution in [0.2, 0.25) is 0 Å². The lowest BCUT2D eigenvalue weighted by Crippen LogP contribution is -2.28. The van der Waals surface area contributed by atoms with Crippen LogP contribution in [0, 0.1) is 0 Å². The first kappa shape index (κ1) is 17.1. The fourth-order valence-electron chi connectivity index (χ4n) is 3.48. The highest BCUT2D eigenvalue weighted by Crippen LogP contribution is 2.30. The summed E-state index contributed by atoms with van der Waals surface area (Å²) in [6, 6.07) is 22.7. The van der Waals surface area contributed by atoms with Crippen LogP contribution in [0.3, 0.4) is 0 Å². The highest BCUT2D eigenvalue weighted by Gasteiger charge is 2.23. The topological polar surface area (TPSA) is 85.8 Å². The smallest absolute Gasteiger partial charge is 0.249 e. The number of carbonyl (C=O) groups excluding carboxylic acids is 1. The number of anilines is 1. The Labute approximate surface area is 165 Å². The molecule has 5 rings (SSSR count). The molecule has 0 fully saturated rings. The lowest BCUT2D eigenvalue weighted by atomic mass is 10.1. The zero-order chi connectivity index (χ0) is 19.6. The number of carbonyl (C=O) groups is 1. The molecule has 0 aliphatic rings. The lowest BCUT2D eigenvalue weighted by molar-refractivity contribution is -0.119. The molecule has 2 aromatic heterocycles. The summed E-state index contributed by atoms with van der Waals surface area (Å²) in [4.78, 5) is 13.1. The van der Waals surface area contributed by atoms with Gasteiger partial charge in [-0.2, -0.15) is 0 Å². The van der Waals surface area contributed by atoms with Crippen LogP contribution in [-0.4, -0.2) is 26.1 Å². The fraction of sp³-hybridized carbons (Fsp3) is 0.0909. The van der Waals surface area contributed by atoms with Crippen molar-refractivity contribution in [3.05, 3.63) is 84.7 Å². The number of hydrogen-bond donors (Lipinski definition) is 1. The largest absolute Gasteiger partial charge is 0.456 e. The molecular formula is C22H17N5O2. The summed E-state index contributed by atoms with van der Waals surface area (Å²) in [6.07, 6.45) is 1.94. The predicted molar refractivity (Wildman–Crippen MR) is 109 cm³/mol. The maximum atomic E-state index is 13.1.